The molecule has 11 nitrogen and oxygen atoms in total. The van der Waals surface area contributed by atoms with Gasteiger partial charge < -0.3 is 28.4 Å². The SMILES string of the molecule is COCCN(CC(=O)N(Cc1ccc2c(c1)OCO2)Cc1ccc(C)o1)C(=O)c1cccc([N+](=O)[O-])c1. The van der Waals surface area contributed by atoms with Crippen LogP contribution in [-0.2, 0) is 22.6 Å². The number of nitro groups is 1. The molecule has 0 saturated heterocycles. The summed E-state index contributed by atoms with van der Waals surface area (Å²) in [6.45, 7) is 2.44. The van der Waals surface area contributed by atoms with Crippen molar-refractivity contribution in [3.05, 3.63) is 87.4 Å². The van der Waals surface area contributed by atoms with Crippen LogP contribution in [0.1, 0.15) is 27.4 Å². The summed E-state index contributed by atoms with van der Waals surface area (Å²) < 4.78 is 21.7. The van der Waals surface area contributed by atoms with E-state index in [1.807, 2.05) is 25.1 Å². The first-order valence-electron chi connectivity index (χ1n) is 11.6. The van der Waals surface area contributed by atoms with Crippen molar-refractivity contribution in [1.82, 2.24) is 9.80 Å². The molecule has 2 amide bonds. The minimum atomic E-state index is -0.570. The number of benzene rings is 2. The number of fused-ring (bicyclic) bond motifs is 1. The third-order valence-corrected chi connectivity index (χ3v) is 5.79. The molecule has 1 aromatic heterocycles. The van der Waals surface area contributed by atoms with Gasteiger partial charge in [0.2, 0.25) is 12.7 Å². The maximum absolute atomic E-state index is 13.6. The highest BCUT2D eigenvalue weighted by atomic mass is 16.7. The Bertz CT molecular complexity index is 1290. The second-order valence-corrected chi connectivity index (χ2v) is 8.48. The second-order valence-electron chi connectivity index (χ2n) is 8.48. The summed E-state index contributed by atoms with van der Waals surface area (Å²) in [7, 11) is 1.49. The Labute approximate surface area is 213 Å². The molecule has 0 aliphatic carbocycles. The van der Waals surface area contributed by atoms with Crippen LogP contribution in [0.2, 0.25) is 0 Å². The van der Waals surface area contributed by atoms with Gasteiger partial charge in [0.05, 0.1) is 18.1 Å². The van der Waals surface area contributed by atoms with Crippen molar-refractivity contribution >= 4 is 17.5 Å². The largest absolute Gasteiger partial charge is 0.464 e. The molecule has 2 heterocycles. The monoisotopic (exact) mass is 509 g/mol. The van der Waals surface area contributed by atoms with E-state index in [-0.39, 0.29) is 56.7 Å². The summed E-state index contributed by atoms with van der Waals surface area (Å²) in [6.07, 6.45) is 0. The Morgan fingerprint density at radius 3 is 2.57 bits per heavy atom. The average Bonchev–Trinajstić information content (AvgIpc) is 3.53. The molecular formula is C26H27N3O8. The van der Waals surface area contributed by atoms with E-state index in [1.165, 1.54) is 36.3 Å². The smallest absolute Gasteiger partial charge is 0.270 e. The third kappa shape index (κ3) is 6.44. The predicted molar refractivity (Wildman–Crippen MR) is 131 cm³/mol. The van der Waals surface area contributed by atoms with Crippen LogP contribution in [0.5, 0.6) is 11.5 Å². The van der Waals surface area contributed by atoms with Crippen molar-refractivity contribution in [3.63, 3.8) is 0 Å². The zero-order chi connectivity index (χ0) is 26.4. The van der Waals surface area contributed by atoms with Crippen LogP contribution in [0.25, 0.3) is 0 Å². The van der Waals surface area contributed by atoms with Gasteiger partial charge in [0.25, 0.3) is 11.6 Å². The molecule has 37 heavy (non-hydrogen) atoms. The van der Waals surface area contributed by atoms with Gasteiger partial charge in [-0.25, -0.2) is 0 Å². The summed E-state index contributed by atoms with van der Waals surface area (Å²) in [4.78, 5) is 40.3. The number of aryl methyl sites for hydroxylation is 1. The lowest BCUT2D eigenvalue weighted by atomic mass is 10.1. The lowest BCUT2D eigenvalue weighted by molar-refractivity contribution is -0.384. The van der Waals surface area contributed by atoms with E-state index >= 15 is 0 Å². The van der Waals surface area contributed by atoms with E-state index in [9.17, 15) is 19.7 Å². The van der Waals surface area contributed by atoms with Gasteiger partial charge in [-0.05, 0) is 42.8 Å². The Hall–Kier alpha value is -4.38. The third-order valence-electron chi connectivity index (χ3n) is 5.79. The first-order valence-corrected chi connectivity index (χ1v) is 11.6. The Morgan fingerprint density at radius 2 is 1.84 bits per heavy atom. The van der Waals surface area contributed by atoms with Crippen molar-refractivity contribution in [2.45, 2.75) is 20.0 Å². The van der Waals surface area contributed by atoms with Crippen LogP contribution in [0.3, 0.4) is 0 Å². The quantitative estimate of drug-likeness (QED) is 0.284. The second kappa shape index (κ2) is 11.6. The van der Waals surface area contributed by atoms with Gasteiger partial charge >= 0.3 is 0 Å². The molecule has 4 rings (SSSR count). The number of hydrogen-bond acceptors (Lipinski definition) is 8. The molecule has 194 valence electrons. The molecule has 0 radical (unpaired) electrons. The van der Waals surface area contributed by atoms with E-state index in [2.05, 4.69) is 0 Å². The lowest BCUT2D eigenvalue weighted by Crippen LogP contribution is -2.43. The maximum Gasteiger partial charge on any atom is 0.270 e. The molecule has 1 aliphatic rings. The molecule has 2 aromatic carbocycles. The number of carbonyl (C=O) groups is 2. The van der Waals surface area contributed by atoms with Crippen LogP contribution in [0, 0.1) is 17.0 Å². The van der Waals surface area contributed by atoms with Crippen molar-refractivity contribution in [2.75, 3.05) is 33.6 Å². The summed E-state index contributed by atoms with van der Waals surface area (Å²) in [6, 6.07) is 14.5. The van der Waals surface area contributed by atoms with Gasteiger partial charge in [-0.3, -0.25) is 19.7 Å². The number of amides is 2. The summed E-state index contributed by atoms with van der Waals surface area (Å²) in [5.74, 6) is 1.71. The Balaban J connectivity index is 1.56. The number of rotatable bonds is 11. The van der Waals surface area contributed by atoms with Gasteiger partial charge in [-0.15, -0.1) is 0 Å². The molecule has 0 fully saturated rings. The van der Waals surface area contributed by atoms with Crippen molar-refractivity contribution in [1.29, 1.82) is 0 Å². The van der Waals surface area contributed by atoms with Crippen LogP contribution in [0.4, 0.5) is 5.69 Å². The van der Waals surface area contributed by atoms with E-state index in [4.69, 9.17) is 18.6 Å². The summed E-state index contributed by atoms with van der Waals surface area (Å²) in [5.41, 5.74) is 0.720. The lowest BCUT2D eigenvalue weighted by Gasteiger charge is -2.27. The summed E-state index contributed by atoms with van der Waals surface area (Å²) in [5, 5.41) is 11.2. The van der Waals surface area contributed by atoms with Gasteiger partial charge in [0.15, 0.2) is 11.5 Å². The van der Waals surface area contributed by atoms with Crippen LogP contribution < -0.4 is 9.47 Å². The normalized spacial score (nSPS) is 11.8. The van der Waals surface area contributed by atoms with Gasteiger partial charge in [0, 0.05) is 37.9 Å². The van der Waals surface area contributed by atoms with Crippen LogP contribution in [0.15, 0.2) is 59.0 Å². The summed E-state index contributed by atoms with van der Waals surface area (Å²) >= 11 is 0. The molecule has 0 bridgehead atoms. The molecule has 0 atom stereocenters. The van der Waals surface area contributed by atoms with E-state index < -0.39 is 10.8 Å². The van der Waals surface area contributed by atoms with E-state index in [1.54, 1.807) is 17.0 Å². The molecule has 0 N–H and O–H groups in total. The Kier molecular flexibility index (Phi) is 8.04. The minimum Gasteiger partial charge on any atom is -0.464 e. The fourth-order valence-electron chi connectivity index (χ4n) is 3.90. The average molecular weight is 510 g/mol. The minimum absolute atomic E-state index is 0.113. The molecule has 1 aliphatic heterocycles. The van der Waals surface area contributed by atoms with Crippen molar-refractivity contribution in [3.8, 4) is 11.5 Å². The van der Waals surface area contributed by atoms with Crippen molar-refractivity contribution < 1.29 is 33.1 Å². The van der Waals surface area contributed by atoms with E-state index in [0.717, 1.165) is 5.56 Å². The number of hydrogen-bond donors (Lipinski definition) is 0. The number of nitrogens with zero attached hydrogens (tertiary/aromatic N) is 3. The fraction of sp³-hybridized carbons (Fsp3) is 0.308. The first kappa shape index (κ1) is 25.7. The molecule has 0 spiro atoms. The highest BCUT2D eigenvalue weighted by molar-refractivity contribution is 5.97. The zero-order valence-electron chi connectivity index (χ0n) is 20.5. The molecule has 0 saturated carbocycles. The molecule has 3 aromatic rings. The number of methoxy groups -OCH3 is 1. The topological polar surface area (TPSA) is 125 Å². The first-order chi connectivity index (χ1) is 17.8. The zero-order valence-corrected chi connectivity index (χ0v) is 20.5. The maximum atomic E-state index is 13.6. The fourth-order valence-corrected chi connectivity index (χ4v) is 3.90. The number of non-ortho nitro benzene ring substituents is 1. The Morgan fingerprint density at radius 1 is 1.03 bits per heavy atom. The van der Waals surface area contributed by atoms with Gasteiger partial charge in [-0.1, -0.05) is 12.1 Å². The van der Waals surface area contributed by atoms with Crippen LogP contribution >= 0.6 is 0 Å². The van der Waals surface area contributed by atoms with Gasteiger partial charge in [0.1, 0.15) is 18.1 Å². The standard InChI is InChI=1S/C26H27N3O8/c1-18-6-8-22(37-18)15-28(14-19-7-9-23-24(12-19)36-17-35-23)25(30)16-27(10-11-34-2)26(31)20-4-3-5-21(13-20)29(32)33/h3-9,12-13H,10-11,14-17H2,1-2H3. The number of furan rings is 1. The van der Waals surface area contributed by atoms with Gasteiger partial charge in [-0.2, -0.15) is 0 Å². The van der Waals surface area contributed by atoms with Crippen molar-refractivity contribution in [2.24, 2.45) is 0 Å². The van der Waals surface area contributed by atoms with E-state index in [0.29, 0.717) is 23.0 Å². The predicted octanol–water partition coefficient (Wildman–Crippen LogP) is 3.54. The number of nitro benzene ring substituents is 1. The molecule has 11 heteroatoms. The highest BCUT2D eigenvalue weighted by Crippen LogP contribution is 2.33. The number of ether oxygens (including phenoxy) is 3. The number of carbonyl (C=O) groups excluding carboxylic acids is 2. The highest BCUT2D eigenvalue weighted by Gasteiger charge is 2.25. The molecule has 0 unspecified atom stereocenters. The molecular weight excluding hydrogens is 482 g/mol. The van der Waals surface area contributed by atoms with Crippen LogP contribution in [-0.4, -0.2) is 60.1 Å².